The van der Waals surface area contributed by atoms with E-state index in [1.807, 2.05) is 28.8 Å². The molecule has 2 aromatic heterocycles. The van der Waals surface area contributed by atoms with Crippen LogP contribution in [0.15, 0.2) is 30.5 Å². The molecule has 3 unspecified atom stereocenters. The lowest BCUT2D eigenvalue weighted by atomic mass is 9.78. The van der Waals surface area contributed by atoms with E-state index < -0.39 is 0 Å². The summed E-state index contributed by atoms with van der Waals surface area (Å²) in [4.78, 5) is 4.78. The normalized spacial score (nSPS) is 22.5. The molecule has 140 valence electrons. The monoisotopic (exact) mass is 363 g/mol. The Hall–Kier alpha value is -2.94. The Kier molecular flexibility index (Phi) is 4.53. The molecule has 27 heavy (non-hydrogen) atoms. The average molecular weight is 363 g/mol. The van der Waals surface area contributed by atoms with Crippen LogP contribution < -0.4 is 10.1 Å². The fourth-order valence-electron chi connectivity index (χ4n) is 4.05. The molecule has 0 spiro atoms. The van der Waals surface area contributed by atoms with Crippen LogP contribution in [0.2, 0.25) is 0 Å². The van der Waals surface area contributed by atoms with Gasteiger partial charge in [0.25, 0.3) is 0 Å². The molecule has 1 aromatic carbocycles. The third-order valence-electron chi connectivity index (χ3n) is 5.97. The fourth-order valence-corrected chi connectivity index (χ4v) is 4.05. The number of nitriles is 1. The zero-order chi connectivity index (χ0) is 19.0. The van der Waals surface area contributed by atoms with Gasteiger partial charge in [-0.05, 0) is 42.5 Å². The standard InChI is InChI=1S/C21H25N5O/c1-13-5-4-6-18(14(13)2)24-21-19(15-7-9-17(27-3)10-8-15)25-20-16(11-22)12-23-26(20)21/h7-10,12-14,18,23-24H,4-6H2,1-3H3. The average Bonchev–Trinajstić information content (AvgIpc) is 3.25. The van der Waals surface area contributed by atoms with Crippen molar-refractivity contribution in [3.63, 3.8) is 0 Å². The minimum absolute atomic E-state index is 0.388. The number of nitrogens with one attached hydrogen (secondary N) is 2. The number of methoxy groups -OCH3 is 1. The Balaban J connectivity index is 1.79. The SMILES string of the molecule is COc1ccc(-c2nc3c(C#N)c[nH]n3c2NC2CCCC(C)C2C)cc1. The Morgan fingerprint density at radius 3 is 2.74 bits per heavy atom. The lowest BCUT2D eigenvalue weighted by Crippen LogP contribution is -2.35. The number of H-pyrrole nitrogens is 1. The van der Waals surface area contributed by atoms with E-state index in [1.54, 1.807) is 13.3 Å². The highest BCUT2D eigenvalue weighted by atomic mass is 16.5. The van der Waals surface area contributed by atoms with Gasteiger partial charge in [-0.25, -0.2) is 9.50 Å². The Morgan fingerprint density at radius 2 is 2.04 bits per heavy atom. The summed E-state index contributed by atoms with van der Waals surface area (Å²) >= 11 is 0. The molecular formula is C21H25N5O. The second-order valence-electron chi connectivity index (χ2n) is 7.51. The smallest absolute Gasteiger partial charge is 0.173 e. The molecule has 0 aliphatic heterocycles. The number of nitrogens with zero attached hydrogens (tertiary/aromatic N) is 3. The number of hydrogen-bond acceptors (Lipinski definition) is 4. The van der Waals surface area contributed by atoms with Gasteiger partial charge in [0, 0.05) is 17.8 Å². The van der Waals surface area contributed by atoms with Gasteiger partial charge in [0.05, 0.1) is 7.11 Å². The van der Waals surface area contributed by atoms with Crippen molar-refractivity contribution in [1.29, 1.82) is 5.26 Å². The number of aromatic amines is 1. The van der Waals surface area contributed by atoms with E-state index in [2.05, 4.69) is 30.3 Å². The molecule has 0 bridgehead atoms. The molecule has 2 N–H and O–H groups in total. The minimum atomic E-state index is 0.388. The highest BCUT2D eigenvalue weighted by Gasteiger charge is 2.29. The molecule has 4 rings (SSSR count). The van der Waals surface area contributed by atoms with Crippen molar-refractivity contribution >= 4 is 11.5 Å². The number of aromatic nitrogens is 3. The van der Waals surface area contributed by atoms with Crippen LogP contribution in [0, 0.1) is 23.2 Å². The minimum Gasteiger partial charge on any atom is -0.497 e. The molecule has 2 heterocycles. The van der Waals surface area contributed by atoms with E-state index >= 15 is 0 Å². The molecule has 3 atom stereocenters. The molecule has 1 fully saturated rings. The Morgan fingerprint density at radius 1 is 1.26 bits per heavy atom. The molecule has 3 aromatic rings. The first kappa shape index (κ1) is 17.5. The summed E-state index contributed by atoms with van der Waals surface area (Å²) in [5.41, 5.74) is 3.05. The molecule has 1 aliphatic carbocycles. The maximum absolute atomic E-state index is 9.40. The molecule has 0 radical (unpaired) electrons. The van der Waals surface area contributed by atoms with Crippen molar-refractivity contribution in [3.05, 3.63) is 36.0 Å². The second-order valence-corrected chi connectivity index (χ2v) is 7.51. The molecule has 0 saturated heterocycles. The first-order chi connectivity index (χ1) is 13.1. The Bertz CT molecular complexity index is 979. The molecular weight excluding hydrogens is 338 g/mol. The van der Waals surface area contributed by atoms with Crippen molar-refractivity contribution in [2.45, 2.75) is 39.2 Å². The van der Waals surface area contributed by atoms with E-state index in [9.17, 15) is 5.26 Å². The van der Waals surface area contributed by atoms with Gasteiger partial charge in [0.1, 0.15) is 23.1 Å². The summed E-state index contributed by atoms with van der Waals surface area (Å²) < 4.78 is 7.17. The van der Waals surface area contributed by atoms with Crippen LogP contribution >= 0.6 is 0 Å². The summed E-state index contributed by atoms with van der Waals surface area (Å²) in [6.45, 7) is 4.65. The summed E-state index contributed by atoms with van der Waals surface area (Å²) in [6, 6.07) is 10.5. The lowest BCUT2D eigenvalue weighted by Gasteiger charge is -2.35. The van der Waals surface area contributed by atoms with Crippen molar-refractivity contribution in [2.24, 2.45) is 11.8 Å². The fraction of sp³-hybridized carbons (Fsp3) is 0.429. The predicted molar refractivity (Wildman–Crippen MR) is 106 cm³/mol. The van der Waals surface area contributed by atoms with Crippen molar-refractivity contribution in [1.82, 2.24) is 14.6 Å². The topological polar surface area (TPSA) is 78.1 Å². The maximum Gasteiger partial charge on any atom is 0.173 e. The number of ether oxygens (including phenoxy) is 1. The van der Waals surface area contributed by atoms with Crippen molar-refractivity contribution in [2.75, 3.05) is 12.4 Å². The van der Waals surface area contributed by atoms with Gasteiger partial charge in [-0.1, -0.05) is 26.7 Å². The lowest BCUT2D eigenvalue weighted by molar-refractivity contribution is 0.252. The van der Waals surface area contributed by atoms with Gasteiger partial charge in [-0.15, -0.1) is 0 Å². The van der Waals surface area contributed by atoms with E-state index in [0.29, 0.717) is 29.1 Å². The van der Waals surface area contributed by atoms with Crippen LogP contribution in [-0.2, 0) is 0 Å². The second kappa shape index (κ2) is 6.99. The molecule has 6 heteroatoms. The van der Waals surface area contributed by atoms with Crippen LogP contribution in [0.25, 0.3) is 16.9 Å². The van der Waals surface area contributed by atoms with E-state index in [1.165, 1.54) is 12.8 Å². The van der Waals surface area contributed by atoms with Crippen LogP contribution in [-0.4, -0.2) is 27.7 Å². The van der Waals surface area contributed by atoms with E-state index in [4.69, 9.17) is 9.72 Å². The molecule has 6 nitrogen and oxygen atoms in total. The van der Waals surface area contributed by atoms with Gasteiger partial charge in [-0.2, -0.15) is 5.26 Å². The molecule has 1 aliphatic rings. The first-order valence-electron chi connectivity index (χ1n) is 9.53. The maximum atomic E-state index is 9.40. The van der Waals surface area contributed by atoms with Gasteiger partial charge >= 0.3 is 0 Å². The number of anilines is 1. The summed E-state index contributed by atoms with van der Waals surface area (Å²) in [6.07, 6.45) is 5.37. The third kappa shape index (κ3) is 3.03. The van der Waals surface area contributed by atoms with E-state index in [0.717, 1.165) is 29.2 Å². The van der Waals surface area contributed by atoms with Crippen LogP contribution in [0.3, 0.4) is 0 Å². The van der Waals surface area contributed by atoms with Gasteiger partial charge in [0.15, 0.2) is 11.5 Å². The van der Waals surface area contributed by atoms with Crippen LogP contribution in [0.4, 0.5) is 5.82 Å². The Labute approximate surface area is 159 Å². The quantitative estimate of drug-likeness (QED) is 0.718. The van der Waals surface area contributed by atoms with Gasteiger partial charge in [-0.3, -0.25) is 5.10 Å². The van der Waals surface area contributed by atoms with Crippen LogP contribution in [0.5, 0.6) is 5.75 Å². The summed E-state index contributed by atoms with van der Waals surface area (Å²) in [5.74, 6) is 3.01. The highest BCUT2D eigenvalue weighted by Crippen LogP contribution is 2.36. The first-order valence-corrected chi connectivity index (χ1v) is 9.53. The number of imidazole rings is 1. The van der Waals surface area contributed by atoms with Gasteiger partial charge < -0.3 is 10.1 Å². The number of rotatable bonds is 4. The zero-order valence-corrected chi connectivity index (χ0v) is 16.0. The molecule has 1 saturated carbocycles. The number of benzene rings is 1. The van der Waals surface area contributed by atoms with Crippen LogP contribution in [0.1, 0.15) is 38.7 Å². The van der Waals surface area contributed by atoms with Crippen molar-refractivity contribution in [3.8, 4) is 23.1 Å². The zero-order valence-electron chi connectivity index (χ0n) is 16.0. The van der Waals surface area contributed by atoms with E-state index in [-0.39, 0.29) is 0 Å². The predicted octanol–water partition coefficient (Wildman–Crippen LogP) is 4.45. The largest absolute Gasteiger partial charge is 0.497 e. The van der Waals surface area contributed by atoms with Gasteiger partial charge in [0.2, 0.25) is 0 Å². The third-order valence-corrected chi connectivity index (χ3v) is 5.97. The highest BCUT2D eigenvalue weighted by molar-refractivity contribution is 5.78. The summed E-state index contributed by atoms with van der Waals surface area (Å²) in [5, 5.41) is 16.3. The summed E-state index contributed by atoms with van der Waals surface area (Å²) in [7, 11) is 1.66. The van der Waals surface area contributed by atoms with Crippen molar-refractivity contribution < 1.29 is 4.74 Å². The molecule has 0 amide bonds. The number of hydrogen-bond donors (Lipinski definition) is 2. The number of fused-ring (bicyclic) bond motifs is 1.